The van der Waals surface area contributed by atoms with E-state index in [1.54, 1.807) is 13.8 Å². The fourth-order valence-electron chi connectivity index (χ4n) is 8.59. The molecule has 3 aromatic rings. The summed E-state index contributed by atoms with van der Waals surface area (Å²) in [5.41, 5.74) is 2.39. The zero-order chi connectivity index (χ0) is 45.5. The monoisotopic (exact) mass is 881 g/mol. The third-order valence-electron chi connectivity index (χ3n) is 12.5. The Morgan fingerprint density at radius 1 is 0.714 bits per heavy atom. The number of carbonyl (C=O) groups is 4. The van der Waals surface area contributed by atoms with E-state index in [2.05, 4.69) is 16.1 Å². The molecule has 0 aromatic heterocycles. The van der Waals surface area contributed by atoms with Gasteiger partial charge in [-0.25, -0.2) is 13.2 Å². The first-order valence-electron chi connectivity index (χ1n) is 21.6. The number of benzene rings is 3. The minimum atomic E-state index is -2.36. The Morgan fingerprint density at radius 3 is 1.98 bits per heavy atom. The van der Waals surface area contributed by atoms with Gasteiger partial charge in [-0.05, 0) is 101 Å². The average Bonchev–Trinajstić information content (AvgIpc) is 3.24. The van der Waals surface area contributed by atoms with Crippen molar-refractivity contribution >= 4 is 41.5 Å². The van der Waals surface area contributed by atoms with Crippen molar-refractivity contribution in [2.75, 3.05) is 37.7 Å². The summed E-state index contributed by atoms with van der Waals surface area (Å²) in [6, 6.07) is 15.9. The molecule has 1 N–H and O–H groups in total. The van der Waals surface area contributed by atoms with E-state index in [0.29, 0.717) is 26.1 Å². The number of carbonyl (C=O) groups excluding carboxylic acids is 4. The molecule has 63 heavy (non-hydrogen) atoms. The summed E-state index contributed by atoms with van der Waals surface area (Å²) in [6.45, 7) is 9.02. The first-order valence-corrected chi connectivity index (χ1v) is 21.6. The van der Waals surface area contributed by atoms with Crippen molar-refractivity contribution in [2.45, 2.75) is 110 Å². The molecule has 2 heterocycles. The summed E-state index contributed by atoms with van der Waals surface area (Å²) < 4.78 is 84.1. The largest absolute Gasteiger partial charge is 0.420 e. The second-order valence-electron chi connectivity index (χ2n) is 18.0. The molecule has 0 unspecified atom stereocenters. The van der Waals surface area contributed by atoms with E-state index in [4.69, 9.17) is 9.47 Å². The van der Waals surface area contributed by atoms with Crippen LogP contribution in [0.2, 0.25) is 0 Å². The zero-order valence-electron chi connectivity index (χ0n) is 36.3. The standard InChI is InChI=1S/C48H56F5N3O7/c1-46(2,61-27-18-38(59)63-44-42(52)40(50)39(49)41(51)43(44)53)23-28-62-47(3,4)29-37(58)55-25-21-48(22-26-55)19-15-33(16-20-48)45(60)54-24-17-36(57)56-30-34-11-6-5-9-31(34)13-14-32-10-7-8-12-35(32)56/h5-14,33H,15-30H2,1-4H3,(H,54,60)/b14-13-. The fourth-order valence-corrected chi connectivity index (χ4v) is 8.59. The third kappa shape index (κ3) is 11.9. The number of anilines is 1. The van der Waals surface area contributed by atoms with Gasteiger partial charge in [0.25, 0.3) is 0 Å². The van der Waals surface area contributed by atoms with Crippen LogP contribution in [-0.2, 0) is 35.2 Å². The highest BCUT2D eigenvalue weighted by Crippen LogP contribution is 2.46. The molecule has 10 nitrogen and oxygen atoms in total. The first kappa shape index (κ1) is 47.3. The molecule has 1 saturated heterocycles. The van der Waals surface area contributed by atoms with Crippen LogP contribution in [0.4, 0.5) is 27.6 Å². The summed E-state index contributed by atoms with van der Waals surface area (Å²) in [6.07, 6.45) is 9.34. The Bertz CT molecular complexity index is 2160. The second-order valence-corrected chi connectivity index (χ2v) is 18.0. The number of rotatable bonds is 15. The molecule has 15 heteroatoms. The maximum atomic E-state index is 13.9. The second kappa shape index (κ2) is 20.1. The lowest BCUT2D eigenvalue weighted by atomic mass is 9.65. The molecule has 340 valence electrons. The average molecular weight is 882 g/mol. The summed E-state index contributed by atoms with van der Waals surface area (Å²) in [7, 11) is 0. The highest BCUT2D eigenvalue weighted by Gasteiger charge is 2.41. The van der Waals surface area contributed by atoms with Gasteiger partial charge in [-0.2, -0.15) is 8.78 Å². The molecular weight excluding hydrogens is 826 g/mol. The predicted octanol–water partition coefficient (Wildman–Crippen LogP) is 9.07. The lowest BCUT2D eigenvalue weighted by Gasteiger charge is -2.46. The van der Waals surface area contributed by atoms with Crippen LogP contribution in [0.1, 0.15) is 109 Å². The minimum absolute atomic E-state index is 0.0137. The Morgan fingerprint density at radius 2 is 1.30 bits per heavy atom. The van der Waals surface area contributed by atoms with Gasteiger partial charge in [0.05, 0.1) is 49.5 Å². The van der Waals surface area contributed by atoms with Crippen LogP contribution in [0.5, 0.6) is 5.75 Å². The predicted molar refractivity (Wildman–Crippen MR) is 227 cm³/mol. The van der Waals surface area contributed by atoms with Crippen LogP contribution in [0.15, 0.2) is 48.5 Å². The number of hydrogen-bond acceptors (Lipinski definition) is 7. The van der Waals surface area contributed by atoms with Crippen LogP contribution in [0.25, 0.3) is 12.2 Å². The first-order chi connectivity index (χ1) is 29.9. The molecule has 3 aromatic carbocycles. The van der Waals surface area contributed by atoms with Gasteiger partial charge in [0.2, 0.25) is 52.6 Å². The number of esters is 1. The van der Waals surface area contributed by atoms with Crippen molar-refractivity contribution in [1.29, 1.82) is 0 Å². The van der Waals surface area contributed by atoms with E-state index in [9.17, 15) is 41.1 Å². The summed E-state index contributed by atoms with van der Waals surface area (Å²) in [5, 5.41) is 3.04. The van der Waals surface area contributed by atoms with E-state index in [-0.39, 0.29) is 61.7 Å². The number of fused-ring (bicyclic) bond motifs is 2. The molecule has 1 saturated carbocycles. The summed E-state index contributed by atoms with van der Waals surface area (Å²) in [5.74, 6) is -14.4. The lowest BCUT2D eigenvalue weighted by Crippen LogP contribution is -2.47. The number of hydrogen-bond donors (Lipinski definition) is 1. The Hall–Kier alpha value is -5.15. The molecule has 3 amide bonds. The zero-order valence-corrected chi connectivity index (χ0v) is 36.3. The highest BCUT2D eigenvalue weighted by molar-refractivity contribution is 5.97. The molecule has 0 atom stereocenters. The molecular formula is C48H56F5N3O7. The minimum Gasteiger partial charge on any atom is -0.420 e. The number of para-hydroxylation sites is 1. The fraction of sp³-hybridized carbons (Fsp3) is 0.500. The molecule has 0 bridgehead atoms. The molecule has 0 radical (unpaired) electrons. The van der Waals surface area contributed by atoms with E-state index >= 15 is 0 Å². The van der Waals surface area contributed by atoms with Crippen molar-refractivity contribution < 1.29 is 55.3 Å². The Balaban J connectivity index is 0.870. The Kier molecular flexibility index (Phi) is 15.1. The molecule has 2 aliphatic heterocycles. The van der Waals surface area contributed by atoms with Gasteiger partial charge in [-0.3, -0.25) is 19.2 Å². The molecule has 6 rings (SSSR count). The lowest BCUT2D eigenvalue weighted by molar-refractivity contribution is -0.141. The number of amides is 3. The normalized spacial score (nSPS) is 17.0. The van der Waals surface area contributed by atoms with Crippen molar-refractivity contribution in [3.8, 4) is 5.75 Å². The van der Waals surface area contributed by atoms with Gasteiger partial charge >= 0.3 is 5.97 Å². The number of nitrogens with one attached hydrogen (secondary N) is 1. The van der Waals surface area contributed by atoms with E-state index in [1.165, 1.54) is 0 Å². The maximum absolute atomic E-state index is 13.9. The maximum Gasteiger partial charge on any atom is 0.313 e. The summed E-state index contributed by atoms with van der Waals surface area (Å²) in [4.78, 5) is 56.1. The van der Waals surface area contributed by atoms with Crippen LogP contribution >= 0.6 is 0 Å². The van der Waals surface area contributed by atoms with E-state index in [1.807, 2.05) is 78.3 Å². The number of likely N-dealkylation sites (tertiary alicyclic amines) is 1. The smallest absolute Gasteiger partial charge is 0.313 e. The topological polar surface area (TPSA) is 114 Å². The van der Waals surface area contributed by atoms with Gasteiger partial charge in [0.15, 0.2) is 0 Å². The SMILES string of the molecule is CC(C)(CCOC(C)(C)CC(=O)N1CCC2(CCC(C(=O)NCCC(=O)N3Cc4ccccc4/C=C\c4ccccc43)CC2)CC1)OCCC(=O)Oc1c(F)c(F)c(F)c(F)c1F. The van der Waals surface area contributed by atoms with E-state index in [0.717, 1.165) is 60.9 Å². The van der Waals surface area contributed by atoms with Gasteiger partial charge in [-0.1, -0.05) is 54.6 Å². The molecule has 1 spiro atoms. The molecule has 3 aliphatic rings. The van der Waals surface area contributed by atoms with Gasteiger partial charge in [-0.15, -0.1) is 0 Å². The highest BCUT2D eigenvalue weighted by atomic mass is 19.2. The van der Waals surface area contributed by atoms with Crippen LogP contribution < -0.4 is 15.0 Å². The number of ether oxygens (including phenoxy) is 3. The van der Waals surface area contributed by atoms with E-state index < -0.39 is 58.4 Å². The third-order valence-corrected chi connectivity index (χ3v) is 12.5. The van der Waals surface area contributed by atoms with Gasteiger partial charge in [0, 0.05) is 32.0 Å². The molecule has 2 fully saturated rings. The quantitative estimate of drug-likeness (QED) is 0.0533. The van der Waals surface area contributed by atoms with Crippen molar-refractivity contribution in [1.82, 2.24) is 10.2 Å². The van der Waals surface area contributed by atoms with Crippen molar-refractivity contribution in [2.24, 2.45) is 11.3 Å². The number of piperidine rings is 1. The van der Waals surface area contributed by atoms with Crippen LogP contribution in [-0.4, -0.2) is 72.6 Å². The molecule has 1 aliphatic carbocycles. The van der Waals surface area contributed by atoms with Crippen LogP contribution in [0.3, 0.4) is 0 Å². The summed E-state index contributed by atoms with van der Waals surface area (Å²) >= 11 is 0. The van der Waals surface area contributed by atoms with Gasteiger partial charge < -0.3 is 29.3 Å². The number of nitrogens with zero attached hydrogens (tertiary/aromatic N) is 2. The number of halogens is 5. The van der Waals surface area contributed by atoms with Crippen molar-refractivity contribution in [3.63, 3.8) is 0 Å². The van der Waals surface area contributed by atoms with Crippen LogP contribution in [0, 0.1) is 40.4 Å². The Labute approximate surface area is 365 Å². The van der Waals surface area contributed by atoms with Crippen molar-refractivity contribution in [3.05, 3.63) is 94.3 Å². The van der Waals surface area contributed by atoms with Gasteiger partial charge in [0.1, 0.15) is 0 Å².